The third-order valence-corrected chi connectivity index (χ3v) is 1.79. The summed E-state index contributed by atoms with van der Waals surface area (Å²) in [4.78, 5) is 11.4. The van der Waals surface area contributed by atoms with Crippen LogP contribution in [0, 0.1) is 5.82 Å². The van der Waals surface area contributed by atoms with Crippen LogP contribution in [0.4, 0.5) is 10.1 Å². The van der Waals surface area contributed by atoms with Crippen molar-refractivity contribution in [2.24, 2.45) is 0 Å². The van der Waals surface area contributed by atoms with E-state index < -0.39 is 17.8 Å². The number of nitrogens with one attached hydrogen (secondary N) is 1. The standard InChI is InChI=1S/C10H13FN2O2/c1-6(14)5-13-10(15)8-4-7(12)2-3-9(8)11/h2-4,6,14H,5,12H2,1H3,(H,13,15)/t6-/m0/s1. The van der Waals surface area contributed by atoms with E-state index in [0.29, 0.717) is 5.69 Å². The Kier molecular flexibility index (Phi) is 3.62. The maximum atomic E-state index is 13.2. The number of benzene rings is 1. The van der Waals surface area contributed by atoms with E-state index in [2.05, 4.69) is 5.32 Å². The summed E-state index contributed by atoms with van der Waals surface area (Å²) < 4.78 is 13.2. The molecule has 0 aromatic heterocycles. The normalized spacial score (nSPS) is 12.2. The molecule has 4 nitrogen and oxygen atoms in total. The second-order valence-electron chi connectivity index (χ2n) is 3.30. The highest BCUT2D eigenvalue weighted by Crippen LogP contribution is 2.11. The zero-order valence-electron chi connectivity index (χ0n) is 8.33. The molecule has 15 heavy (non-hydrogen) atoms. The van der Waals surface area contributed by atoms with Crippen molar-refractivity contribution in [1.29, 1.82) is 0 Å². The summed E-state index contributed by atoms with van der Waals surface area (Å²) in [7, 11) is 0. The number of aliphatic hydroxyl groups excluding tert-OH is 1. The molecule has 0 heterocycles. The summed E-state index contributed by atoms with van der Waals surface area (Å²) in [6.07, 6.45) is -0.668. The number of amides is 1. The van der Waals surface area contributed by atoms with Crippen molar-refractivity contribution in [1.82, 2.24) is 5.32 Å². The maximum absolute atomic E-state index is 13.2. The van der Waals surface area contributed by atoms with Crippen LogP contribution in [-0.2, 0) is 0 Å². The molecule has 1 aromatic carbocycles. The Labute approximate surface area is 86.9 Å². The first kappa shape index (κ1) is 11.5. The van der Waals surface area contributed by atoms with Gasteiger partial charge < -0.3 is 16.2 Å². The molecule has 1 amide bonds. The number of carbonyl (C=O) groups is 1. The van der Waals surface area contributed by atoms with Gasteiger partial charge in [-0.1, -0.05) is 0 Å². The lowest BCUT2D eigenvalue weighted by molar-refractivity contribution is 0.0920. The summed E-state index contributed by atoms with van der Waals surface area (Å²) in [5, 5.41) is 11.3. The van der Waals surface area contributed by atoms with E-state index >= 15 is 0 Å². The van der Waals surface area contributed by atoms with Crippen molar-refractivity contribution in [2.75, 3.05) is 12.3 Å². The first-order valence-electron chi connectivity index (χ1n) is 4.52. The molecule has 0 bridgehead atoms. The molecule has 0 aliphatic heterocycles. The molecule has 0 unspecified atom stereocenters. The number of hydrogen-bond acceptors (Lipinski definition) is 3. The number of nitrogen functional groups attached to an aromatic ring is 1. The largest absolute Gasteiger partial charge is 0.399 e. The van der Waals surface area contributed by atoms with Gasteiger partial charge in [0.2, 0.25) is 0 Å². The molecule has 5 heteroatoms. The minimum atomic E-state index is -0.668. The SMILES string of the molecule is C[C@H](O)CNC(=O)c1cc(N)ccc1F. The van der Waals surface area contributed by atoms with E-state index in [1.54, 1.807) is 0 Å². The Morgan fingerprint density at radius 3 is 2.93 bits per heavy atom. The predicted molar refractivity (Wildman–Crippen MR) is 54.8 cm³/mol. The highest BCUT2D eigenvalue weighted by atomic mass is 19.1. The van der Waals surface area contributed by atoms with Crippen LogP contribution in [0.2, 0.25) is 0 Å². The summed E-state index contributed by atoms with van der Waals surface area (Å²) >= 11 is 0. The number of nitrogens with two attached hydrogens (primary N) is 1. The lowest BCUT2D eigenvalue weighted by atomic mass is 10.1. The van der Waals surface area contributed by atoms with Crippen molar-refractivity contribution in [3.8, 4) is 0 Å². The van der Waals surface area contributed by atoms with Crippen LogP contribution in [0.1, 0.15) is 17.3 Å². The number of halogens is 1. The molecule has 0 saturated heterocycles. The highest BCUT2D eigenvalue weighted by Gasteiger charge is 2.11. The fourth-order valence-corrected chi connectivity index (χ4v) is 1.05. The van der Waals surface area contributed by atoms with E-state index in [1.807, 2.05) is 0 Å². The summed E-state index contributed by atoms with van der Waals surface area (Å²) in [6.45, 7) is 1.60. The maximum Gasteiger partial charge on any atom is 0.254 e. The molecule has 0 radical (unpaired) electrons. The number of carbonyl (C=O) groups excluding carboxylic acids is 1. The van der Waals surface area contributed by atoms with E-state index in [-0.39, 0.29) is 12.1 Å². The molecule has 0 aliphatic rings. The van der Waals surface area contributed by atoms with Crippen LogP contribution in [0.25, 0.3) is 0 Å². The van der Waals surface area contributed by atoms with Gasteiger partial charge in [0, 0.05) is 12.2 Å². The number of rotatable bonds is 3. The zero-order valence-corrected chi connectivity index (χ0v) is 8.33. The van der Waals surface area contributed by atoms with Crippen molar-refractivity contribution in [3.05, 3.63) is 29.6 Å². The lowest BCUT2D eigenvalue weighted by Crippen LogP contribution is -2.31. The third kappa shape index (κ3) is 3.21. The second-order valence-corrected chi connectivity index (χ2v) is 3.30. The van der Waals surface area contributed by atoms with Crippen molar-refractivity contribution < 1.29 is 14.3 Å². The molecule has 1 atom stereocenters. The average Bonchev–Trinajstić information content (AvgIpc) is 2.18. The molecule has 0 spiro atoms. The first-order chi connectivity index (χ1) is 7.00. The van der Waals surface area contributed by atoms with Gasteiger partial charge in [0.15, 0.2) is 0 Å². The molecular weight excluding hydrogens is 199 g/mol. The number of aliphatic hydroxyl groups is 1. The van der Waals surface area contributed by atoms with E-state index in [1.165, 1.54) is 19.1 Å². The second kappa shape index (κ2) is 4.75. The minimum Gasteiger partial charge on any atom is -0.399 e. The van der Waals surface area contributed by atoms with E-state index in [0.717, 1.165) is 6.07 Å². The van der Waals surface area contributed by atoms with Crippen LogP contribution in [0.15, 0.2) is 18.2 Å². The van der Waals surface area contributed by atoms with Crippen molar-refractivity contribution in [2.45, 2.75) is 13.0 Å². The monoisotopic (exact) mass is 212 g/mol. The molecule has 0 aliphatic carbocycles. The van der Waals surface area contributed by atoms with Crippen LogP contribution >= 0.6 is 0 Å². The number of anilines is 1. The number of hydrogen-bond donors (Lipinski definition) is 3. The van der Waals surface area contributed by atoms with Gasteiger partial charge in [-0.25, -0.2) is 4.39 Å². The van der Waals surface area contributed by atoms with Gasteiger partial charge >= 0.3 is 0 Å². The smallest absolute Gasteiger partial charge is 0.254 e. The van der Waals surface area contributed by atoms with Gasteiger partial charge in [-0.15, -0.1) is 0 Å². The molecule has 0 fully saturated rings. The Morgan fingerprint density at radius 2 is 2.33 bits per heavy atom. The Balaban J connectivity index is 2.77. The van der Waals surface area contributed by atoms with Gasteiger partial charge in [-0.05, 0) is 25.1 Å². The van der Waals surface area contributed by atoms with Crippen LogP contribution in [0.3, 0.4) is 0 Å². The molecule has 82 valence electrons. The average molecular weight is 212 g/mol. The van der Waals surface area contributed by atoms with Gasteiger partial charge in [0.25, 0.3) is 5.91 Å². The van der Waals surface area contributed by atoms with Gasteiger partial charge in [-0.2, -0.15) is 0 Å². The fourth-order valence-electron chi connectivity index (χ4n) is 1.05. The predicted octanol–water partition coefficient (Wildman–Crippen LogP) is 0.519. The van der Waals surface area contributed by atoms with Crippen molar-refractivity contribution >= 4 is 11.6 Å². The molecular formula is C10H13FN2O2. The van der Waals surface area contributed by atoms with Gasteiger partial charge in [0.05, 0.1) is 11.7 Å². The van der Waals surface area contributed by atoms with Gasteiger partial charge in [-0.3, -0.25) is 4.79 Å². The Bertz CT molecular complexity index is 366. The van der Waals surface area contributed by atoms with Crippen LogP contribution < -0.4 is 11.1 Å². The Hall–Kier alpha value is -1.62. The third-order valence-electron chi connectivity index (χ3n) is 1.79. The van der Waals surface area contributed by atoms with Crippen LogP contribution in [0.5, 0.6) is 0 Å². The quantitative estimate of drug-likeness (QED) is 0.639. The summed E-state index contributed by atoms with van der Waals surface area (Å²) in [6, 6.07) is 3.76. The molecule has 1 rings (SSSR count). The summed E-state index contributed by atoms with van der Waals surface area (Å²) in [5.74, 6) is -1.21. The van der Waals surface area contributed by atoms with E-state index in [9.17, 15) is 9.18 Å². The molecule has 0 saturated carbocycles. The fraction of sp³-hybridized carbons (Fsp3) is 0.300. The minimum absolute atomic E-state index is 0.0765. The topological polar surface area (TPSA) is 75.3 Å². The van der Waals surface area contributed by atoms with E-state index in [4.69, 9.17) is 10.8 Å². The zero-order chi connectivity index (χ0) is 11.4. The lowest BCUT2D eigenvalue weighted by Gasteiger charge is -2.08. The first-order valence-corrected chi connectivity index (χ1v) is 4.52. The summed E-state index contributed by atoms with van der Waals surface area (Å²) in [5.41, 5.74) is 5.63. The highest BCUT2D eigenvalue weighted by molar-refractivity contribution is 5.95. The van der Waals surface area contributed by atoms with Crippen LogP contribution in [-0.4, -0.2) is 23.7 Å². The Morgan fingerprint density at radius 1 is 1.67 bits per heavy atom. The van der Waals surface area contributed by atoms with Crippen molar-refractivity contribution in [3.63, 3.8) is 0 Å². The molecule has 4 N–H and O–H groups in total. The molecule has 1 aromatic rings. The van der Waals surface area contributed by atoms with Gasteiger partial charge in [0.1, 0.15) is 5.82 Å².